The Labute approximate surface area is 132 Å². The zero-order chi connectivity index (χ0) is 15.6. The number of imidazole rings is 1. The Kier molecular flexibility index (Phi) is 4.49. The molecule has 1 aromatic heterocycles. The van der Waals surface area contributed by atoms with E-state index >= 15 is 0 Å². The lowest BCUT2D eigenvalue weighted by atomic mass is 9.78. The lowest BCUT2D eigenvalue weighted by Gasteiger charge is -2.38. The maximum atomic E-state index is 12.8. The first-order chi connectivity index (χ1) is 10.6. The van der Waals surface area contributed by atoms with Crippen molar-refractivity contribution in [1.29, 1.82) is 0 Å². The van der Waals surface area contributed by atoms with Crippen molar-refractivity contribution in [2.75, 3.05) is 39.9 Å². The number of carbonyl (C=O) groups is 1. The summed E-state index contributed by atoms with van der Waals surface area (Å²) in [7, 11) is 3.71. The summed E-state index contributed by atoms with van der Waals surface area (Å²) in [6.07, 6.45) is 6.90. The maximum Gasteiger partial charge on any atom is 0.230 e. The van der Waals surface area contributed by atoms with E-state index in [9.17, 15) is 4.79 Å². The van der Waals surface area contributed by atoms with E-state index in [-0.39, 0.29) is 5.41 Å². The van der Waals surface area contributed by atoms with Crippen LogP contribution in [0.15, 0.2) is 12.4 Å². The summed E-state index contributed by atoms with van der Waals surface area (Å²) in [5.74, 6) is 1.40. The molecule has 0 aliphatic carbocycles. The number of likely N-dealkylation sites (tertiary alicyclic amines) is 2. The van der Waals surface area contributed by atoms with Crippen molar-refractivity contribution in [1.82, 2.24) is 19.4 Å². The van der Waals surface area contributed by atoms with Gasteiger partial charge >= 0.3 is 0 Å². The highest BCUT2D eigenvalue weighted by molar-refractivity contribution is 5.85. The summed E-state index contributed by atoms with van der Waals surface area (Å²) in [5.41, 5.74) is -0.169. The van der Waals surface area contributed by atoms with Gasteiger partial charge < -0.3 is 14.2 Å². The summed E-state index contributed by atoms with van der Waals surface area (Å²) in [6, 6.07) is 0. The highest BCUT2D eigenvalue weighted by Crippen LogP contribution is 2.40. The third kappa shape index (κ3) is 2.90. The molecular weight excluding hydrogens is 280 g/mol. The van der Waals surface area contributed by atoms with Gasteiger partial charge in [-0.3, -0.25) is 9.69 Å². The lowest BCUT2D eigenvalue weighted by molar-refractivity contribution is -0.139. The number of hydrogen-bond acceptors (Lipinski definition) is 4. The second-order valence-electron chi connectivity index (χ2n) is 6.58. The van der Waals surface area contributed by atoms with Crippen molar-refractivity contribution in [3.63, 3.8) is 0 Å². The molecule has 0 N–H and O–H groups in total. The van der Waals surface area contributed by atoms with Crippen LogP contribution in [0, 0.1) is 5.41 Å². The lowest BCUT2D eigenvalue weighted by Crippen LogP contribution is -2.48. The zero-order valence-corrected chi connectivity index (χ0v) is 13.6. The smallest absolute Gasteiger partial charge is 0.230 e. The van der Waals surface area contributed by atoms with Crippen molar-refractivity contribution in [2.24, 2.45) is 12.5 Å². The minimum absolute atomic E-state index is 0.169. The molecule has 1 atom stereocenters. The van der Waals surface area contributed by atoms with Gasteiger partial charge in [0.05, 0.1) is 18.6 Å². The third-order valence-electron chi connectivity index (χ3n) is 5.11. The van der Waals surface area contributed by atoms with Gasteiger partial charge in [-0.1, -0.05) is 0 Å². The quantitative estimate of drug-likeness (QED) is 0.810. The van der Waals surface area contributed by atoms with Gasteiger partial charge in [0.2, 0.25) is 5.91 Å². The van der Waals surface area contributed by atoms with E-state index in [0.29, 0.717) is 12.5 Å². The summed E-state index contributed by atoms with van der Waals surface area (Å²) in [6.45, 7) is 4.96. The number of aryl methyl sites for hydroxylation is 1. The maximum absolute atomic E-state index is 12.8. The molecule has 0 aromatic carbocycles. The number of hydrogen-bond donors (Lipinski definition) is 0. The number of aromatic nitrogens is 2. The molecule has 0 saturated carbocycles. The fraction of sp³-hybridized carbons (Fsp3) is 0.750. The summed E-state index contributed by atoms with van der Waals surface area (Å²) in [5, 5.41) is 0. The van der Waals surface area contributed by atoms with Gasteiger partial charge in [0.15, 0.2) is 0 Å². The number of piperidine rings is 1. The van der Waals surface area contributed by atoms with Gasteiger partial charge in [0, 0.05) is 46.2 Å². The minimum Gasteiger partial charge on any atom is -0.383 e. The van der Waals surface area contributed by atoms with E-state index in [1.165, 1.54) is 0 Å². The van der Waals surface area contributed by atoms with Crippen LogP contribution in [0.3, 0.4) is 0 Å². The molecular formula is C16H26N4O2. The molecule has 1 spiro atoms. The molecule has 0 bridgehead atoms. The van der Waals surface area contributed by atoms with Gasteiger partial charge in [-0.15, -0.1) is 0 Å². The van der Waals surface area contributed by atoms with Crippen molar-refractivity contribution in [2.45, 2.75) is 25.8 Å². The highest BCUT2D eigenvalue weighted by Gasteiger charge is 2.48. The van der Waals surface area contributed by atoms with Crippen LogP contribution in [0.5, 0.6) is 0 Å². The number of carbonyl (C=O) groups excluding carboxylic acids is 1. The molecule has 0 unspecified atom stereocenters. The second kappa shape index (κ2) is 6.38. The van der Waals surface area contributed by atoms with Crippen molar-refractivity contribution < 1.29 is 9.53 Å². The molecule has 3 heterocycles. The van der Waals surface area contributed by atoms with Crippen LogP contribution < -0.4 is 0 Å². The molecule has 6 heteroatoms. The molecule has 2 aliphatic heterocycles. The Morgan fingerprint density at radius 3 is 2.95 bits per heavy atom. The molecule has 122 valence electrons. The van der Waals surface area contributed by atoms with Gasteiger partial charge in [-0.2, -0.15) is 0 Å². The molecule has 0 radical (unpaired) electrons. The highest BCUT2D eigenvalue weighted by atomic mass is 16.5. The third-order valence-corrected chi connectivity index (χ3v) is 5.11. The average Bonchev–Trinajstić information content (AvgIpc) is 3.04. The molecule has 22 heavy (non-hydrogen) atoms. The van der Waals surface area contributed by atoms with Crippen LogP contribution in [0.4, 0.5) is 0 Å². The largest absolute Gasteiger partial charge is 0.383 e. The fourth-order valence-electron chi connectivity index (χ4n) is 3.80. The number of rotatable bonds is 5. The molecule has 2 saturated heterocycles. The van der Waals surface area contributed by atoms with Gasteiger partial charge in [0.1, 0.15) is 5.82 Å². The number of nitrogens with zero attached hydrogens (tertiary/aromatic N) is 4. The normalized spacial score (nSPS) is 26.3. The zero-order valence-electron chi connectivity index (χ0n) is 13.6. The first kappa shape index (κ1) is 15.5. The average molecular weight is 306 g/mol. The monoisotopic (exact) mass is 306 g/mol. The molecule has 3 rings (SSSR count). The Morgan fingerprint density at radius 1 is 1.36 bits per heavy atom. The predicted molar refractivity (Wildman–Crippen MR) is 83.2 cm³/mol. The Morgan fingerprint density at radius 2 is 2.23 bits per heavy atom. The SMILES string of the molecule is COCCN1CC[C@]2(CCCN(Cc3nccn3C)C2)C1=O. The molecule has 1 amide bonds. The Balaban J connectivity index is 1.65. The molecule has 2 fully saturated rings. The van der Waals surface area contributed by atoms with Gasteiger partial charge in [-0.05, 0) is 25.8 Å². The van der Waals surface area contributed by atoms with E-state index in [1.54, 1.807) is 7.11 Å². The Hall–Kier alpha value is -1.40. The molecule has 1 aromatic rings. The first-order valence-electron chi connectivity index (χ1n) is 8.11. The van der Waals surface area contributed by atoms with Crippen LogP contribution in [0.2, 0.25) is 0 Å². The molecule has 2 aliphatic rings. The van der Waals surface area contributed by atoms with Gasteiger partial charge in [-0.25, -0.2) is 4.98 Å². The van der Waals surface area contributed by atoms with Crippen molar-refractivity contribution in [3.8, 4) is 0 Å². The minimum atomic E-state index is -0.169. The summed E-state index contributed by atoms with van der Waals surface area (Å²) < 4.78 is 7.18. The standard InChI is InChI=1S/C16H26N4O2/c1-18-9-6-17-14(18)12-19-7-3-4-16(13-19)5-8-20(15(16)21)10-11-22-2/h6,9H,3-5,7-8,10-13H2,1-2H3/t16-/m0/s1. The molecule has 6 nitrogen and oxygen atoms in total. The van der Waals surface area contributed by atoms with Crippen LogP contribution in [-0.2, 0) is 23.1 Å². The van der Waals surface area contributed by atoms with E-state index in [1.807, 2.05) is 24.3 Å². The van der Waals surface area contributed by atoms with E-state index < -0.39 is 0 Å². The van der Waals surface area contributed by atoms with Crippen LogP contribution in [0.1, 0.15) is 25.1 Å². The number of methoxy groups -OCH3 is 1. The van der Waals surface area contributed by atoms with Crippen molar-refractivity contribution in [3.05, 3.63) is 18.2 Å². The summed E-state index contributed by atoms with van der Waals surface area (Å²) >= 11 is 0. The van der Waals surface area contributed by atoms with E-state index in [2.05, 4.69) is 14.5 Å². The second-order valence-corrected chi connectivity index (χ2v) is 6.58. The van der Waals surface area contributed by atoms with Gasteiger partial charge in [0.25, 0.3) is 0 Å². The number of amides is 1. The fourth-order valence-corrected chi connectivity index (χ4v) is 3.80. The Bertz CT molecular complexity index is 530. The summed E-state index contributed by atoms with van der Waals surface area (Å²) in [4.78, 5) is 21.6. The topological polar surface area (TPSA) is 50.6 Å². The number of ether oxygens (including phenoxy) is 1. The van der Waals surface area contributed by atoms with Crippen molar-refractivity contribution >= 4 is 5.91 Å². The van der Waals surface area contributed by atoms with Crippen LogP contribution >= 0.6 is 0 Å². The van der Waals surface area contributed by atoms with Crippen LogP contribution in [-0.4, -0.2) is 65.2 Å². The predicted octanol–water partition coefficient (Wildman–Crippen LogP) is 0.881. The van der Waals surface area contributed by atoms with E-state index in [4.69, 9.17) is 4.74 Å². The van der Waals surface area contributed by atoms with E-state index in [0.717, 1.165) is 57.8 Å². The first-order valence-corrected chi connectivity index (χ1v) is 8.11. The van der Waals surface area contributed by atoms with Crippen LogP contribution in [0.25, 0.3) is 0 Å².